The predicted octanol–water partition coefficient (Wildman–Crippen LogP) is 1.05. The molecule has 0 saturated carbocycles. The molecule has 0 aliphatic rings. The van der Waals surface area contributed by atoms with Crippen molar-refractivity contribution in [1.82, 2.24) is 0 Å². The number of pyridine rings is 1. The minimum atomic E-state index is -0.770. The zero-order chi connectivity index (χ0) is 25.2. The van der Waals surface area contributed by atoms with E-state index in [1.807, 2.05) is 50.0 Å². The van der Waals surface area contributed by atoms with E-state index in [0.29, 0.717) is 25.7 Å². The fourth-order valence-corrected chi connectivity index (χ4v) is 3.84. The molecule has 0 N–H and O–H groups in total. The van der Waals surface area contributed by atoms with Crippen molar-refractivity contribution >= 4 is 17.7 Å². The van der Waals surface area contributed by atoms with Gasteiger partial charge in [-0.25, -0.2) is 4.57 Å². The molecule has 0 bridgehead atoms. The van der Waals surface area contributed by atoms with E-state index in [1.165, 1.54) is 6.92 Å². The summed E-state index contributed by atoms with van der Waals surface area (Å²) in [5, 5.41) is 9.46. The number of carbonyl (C=O) groups excluding carboxylic acids is 3. The average molecular weight is 587 g/mol. The molecular formula is C26H39IN2O5. The van der Waals surface area contributed by atoms with Crippen molar-refractivity contribution < 1.29 is 52.4 Å². The number of hydrogen-bond donors (Lipinski definition) is 0. The Morgan fingerprint density at radius 3 is 2.15 bits per heavy atom. The first kappa shape index (κ1) is 32.0. The van der Waals surface area contributed by atoms with Crippen LogP contribution < -0.4 is 28.5 Å². The third-order valence-electron chi connectivity index (χ3n) is 5.96. The second-order valence-electron chi connectivity index (χ2n) is 10.1. The largest absolute Gasteiger partial charge is 1.00 e. The smallest absolute Gasteiger partial charge is 0.311 e. The normalized spacial score (nSPS) is 14.5. The highest BCUT2D eigenvalue weighted by Gasteiger charge is 2.32. The number of nitrogens with zero attached hydrogens (tertiary/aromatic N) is 2. The Bertz CT molecular complexity index is 863. The van der Waals surface area contributed by atoms with Crippen molar-refractivity contribution in [2.75, 3.05) is 13.2 Å². The number of hydrogen-bond acceptors (Lipinski definition) is 6. The molecule has 0 fully saturated rings. The van der Waals surface area contributed by atoms with Gasteiger partial charge in [0.25, 0.3) is 0 Å². The molecule has 3 unspecified atom stereocenters. The maximum Gasteiger partial charge on any atom is 0.311 e. The fourth-order valence-electron chi connectivity index (χ4n) is 3.84. The minimum Gasteiger partial charge on any atom is -1.00 e. The lowest BCUT2D eigenvalue weighted by Crippen LogP contribution is -3.00. The molecule has 1 heterocycles. The van der Waals surface area contributed by atoms with E-state index < -0.39 is 22.7 Å². The number of nitriles is 1. The molecule has 0 aliphatic carbocycles. The van der Waals surface area contributed by atoms with E-state index in [0.717, 1.165) is 5.56 Å². The van der Waals surface area contributed by atoms with Gasteiger partial charge in [-0.15, -0.1) is 0 Å². The number of Topliss-reactive ketones (excluding diaryl/α,β-unsaturated/α-hetero) is 1. The third-order valence-corrected chi connectivity index (χ3v) is 5.96. The van der Waals surface area contributed by atoms with Gasteiger partial charge in [0.15, 0.2) is 12.4 Å². The van der Waals surface area contributed by atoms with Crippen molar-refractivity contribution in [2.24, 2.45) is 23.8 Å². The van der Waals surface area contributed by atoms with E-state index in [4.69, 9.17) is 9.47 Å². The van der Waals surface area contributed by atoms with Crippen LogP contribution in [0.25, 0.3) is 0 Å². The second-order valence-corrected chi connectivity index (χ2v) is 10.1. The van der Waals surface area contributed by atoms with Crippen LogP contribution in [0.4, 0.5) is 0 Å². The summed E-state index contributed by atoms with van der Waals surface area (Å²) in [6.45, 7) is 10.7. The Hall–Kier alpha value is -2.02. The van der Waals surface area contributed by atoms with Gasteiger partial charge in [-0.05, 0) is 58.4 Å². The van der Waals surface area contributed by atoms with Gasteiger partial charge in [0.05, 0.1) is 22.8 Å². The number of carbonyl (C=O) groups is 3. The first-order valence-corrected chi connectivity index (χ1v) is 11.5. The molecule has 0 amide bonds. The number of esters is 2. The second kappa shape index (κ2) is 14.4. The molecule has 0 aromatic carbocycles. The number of rotatable bonds is 13. The highest BCUT2D eigenvalue weighted by Crippen LogP contribution is 2.33. The first-order chi connectivity index (χ1) is 15.3. The zero-order valence-electron chi connectivity index (χ0n) is 21.5. The van der Waals surface area contributed by atoms with Crippen LogP contribution in [0.5, 0.6) is 0 Å². The Morgan fingerprint density at radius 1 is 1.06 bits per heavy atom. The van der Waals surface area contributed by atoms with Crippen LogP contribution in [0.3, 0.4) is 0 Å². The molecule has 1 rings (SSSR count). The van der Waals surface area contributed by atoms with Crippen LogP contribution in [0.2, 0.25) is 0 Å². The third kappa shape index (κ3) is 10.9. The van der Waals surface area contributed by atoms with Gasteiger partial charge in [-0.1, -0.05) is 13.8 Å². The summed E-state index contributed by atoms with van der Waals surface area (Å²) in [6, 6.07) is 6.31. The first-order valence-electron chi connectivity index (χ1n) is 11.5. The summed E-state index contributed by atoms with van der Waals surface area (Å²) in [7, 11) is 1.96. The molecule has 0 spiro atoms. The summed E-state index contributed by atoms with van der Waals surface area (Å²) < 4.78 is 12.6. The summed E-state index contributed by atoms with van der Waals surface area (Å²) in [6.07, 6.45) is 5.60. The maximum atomic E-state index is 12.6. The van der Waals surface area contributed by atoms with Gasteiger partial charge < -0.3 is 38.2 Å². The van der Waals surface area contributed by atoms with Crippen LogP contribution in [-0.4, -0.2) is 30.9 Å². The number of aryl methyl sites for hydroxylation is 1. The van der Waals surface area contributed by atoms with Crippen molar-refractivity contribution in [1.29, 1.82) is 5.26 Å². The molecule has 0 aliphatic heterocycles. The molecule has 7 nitrogen and oxygen atoms in total. The quantitative estimate of drug-likeness (QED) is 0.148. The number of aromatic nitrogens is 1. The Labute approximate surface area is 221 Å². The van der Waals surface area contributed by atoms with E-state index in [1.54, 1.807) is 13.8 Å². The van der Waals surface area contributed by atoms with Crippen LogP contribution in [0.15, 0.2) is 24.5 Å². The molecule has 0 saturated heterocycles. The summed E-state index contributed by atoms with van der Waals surface area (Å²) >= 11 is 0. The maximum absolute atomic E-state index is 12.6. The Balaban J connectivity index is 0.0000109. The molecule has 34 heavy (non-hydrogen) atoms. The van der Waals surface area contributed by atoms with Gasteiger partial charge in [0.1, 0.15) is 26.0 Å². The highest BCUT2D eigenvalue weighted by molar-refractivity contribution is 5.76. The average Bonchev–Trinajstić information content (AvgIpc) is 2.75. The van der Waals surface area contributed by atoms with Crippen molar-refractivity contribution in [3.63, 3.8) is 0 Å². The van der Waals surface area contributed by atoms with Gasteiger partial charge in [0, 0.05) is 18.6 Å². The van der Waals surface area contributed by atoms with E-state index in [2.05, 4.69) is 13.0 Å². The van der Waals surface area contributed by atoms with Crippen LogP contribution >= 0.6 is 0 Å². The van der Waals surface area contributed by atoms with E-state index in [-0.39, 0.29) is 54.9 Å². The topological polar surface area (TPSA) is 97.3 Å². The number of halogens is 1. The van der Waals surface area contributed by atoms with Crippen molar-refractivity contribution in [3.05, 3.63) is 30.1 Å². The zero-order valence-corrected chi connectivity index (χ0v) is 23.7. The summed E-state index contributed by atoms with van der Waals surface area (Å²) in [4.78, 5) is 36.1. The molecule has 1 aromatic rings. The highest BCUT2D eigenvalue weighted by atomic mass is 127. The monoisotopic (exact) mass is 586 g/mol. The molecular weight excluding hydrogens is 547 g/mol. The lowest BCUT2D eigenvalue weighted by molar-refractivity contribution is -0.671. The van der Waals surface area contributed by atoms with Gasteiger partial charge in [0.2, 0.25) is 0 Å². The molecule has 3 atom stereocenters. The SMILES string of the molecule is CC(=O)CCC(C)(C#N)CC(C)C(=O)OCCOC(=O)C(C)(C)CC(C)c1cc[n+](C)cc1.[I-]. The van der Waals surface area contributed by atoms with Crippen LogP contribution in [-0.2, 0) is 30.9 Å². The standard InChI is InChI=1S/C26H39N2O5.HI/c1-19(22-9-12-28(7)13-10-22)16-25(4,5)24(31)33-15-14-32-23(30)20(2)17-26(6,18-27)11-8-21(3)29;/h9-10,12-13,19-20H,8,11,14-17H2,1-7H3;1H/q+1;/p-1. The van der Waals surface area contributed by atoms with Crippen molar-refractivity contribution in [3.8, 4) is 6.07 Å². The molecule has 1 aromatic heterocycles. The fraction of sp³-hybridized carbons (Fsp3) is 0.654. The summed E-state index contributed by atoms with van der Waals surface area (Å²) in [5.41, 5.74) is -0.294. The Morgan fingerprint density at radius 2 is 1.62 bits per heavy atom. The molecule has 0 radical (unpaired) electrons. The van der Waals surface area contributed by atoms with Gasteiger partial charge in [-0.2, -0.15) is 5.26 Å². The minimum absolute atomic E-state index is 0. The lowest BCUT2D eigenvalue weighted by atomic mass is 9.79. The molecule has 8 heteroatoms. The number of ketones is 1. The van der Waals surface area contributed by atoms with Crippen molar-refractivity contribution in [2.45, 2.75) is 73.1 Å². The molecule has 190 valence electrons. The van der Waals surface area contributed by atoms with E-state index >= 15 is 0 Å². The van der Waals surface area contributed by atoms with Crippen LogP contribution in [0.1, 0.15) is 78.7 Å². The predicted molar refractivity (Wildman–Crippen MR) is 124 cm³/mol. The van der Waals surface area contributed by atoms with E-state index in [9.17, 15) is 19.6 Å². The Kier molecular flexibility index (Phi) is 13.5. The number of ether oxygens (including phenoxy) is 2. The van der Waals surface area contributed by atoms with Gasteiger partial charge in [-0.3, -0.25) is 9.59 Å². The van der Waals surface area contributed by atoms with Crippen LogP contribution in [0, 0.1) is 28.1 Å². The van der Waals surface area contributed by atoms with Gasteiger partial charge >= 0.3 is 11.9 Å². The lowest BCUT2D eigenvalue weighted by Gasteiger charge is -2.26. The summed E-state index contributed by atoms with van der Waals surface area (Å²) in [5.74, 6) is -1.07.